The Morgan fingerprint density at radius 1 is 0.514 bits per heavy atom. The molecule has 5 aromatic rings. The number of anilines is 2. The second-order valence-electron chi connectivity index (χ2n) is 7.94. The molecule has 0 saturated heterocycles. The van der Waals surface area contributed by atoms with Crippen LogP contribution in [0.4, 0.5) is 11.4 Å². The Morgan fingerprint density at radius 3 is 1.77 bits per heavy atom. The van der Waals surface area contributed by atoms with Crippen molar-refractivity contribution in [1.29, 1.82) is 0 Å². The molecule has 0 aromatic heterocycles. The van der Waals surface area contributed by atoms with Gasteiger partial charge >= 0.3 is 0 Å². The molecule has 0 bridgehead atoms. The van der Waals surface area contributed by atoms with Gasteiger partial charge in [-0.3, -0.25) is 9.11 Å². The van der Waals surface area contributed by atoms with Gasteiger partial charge in [0.2, 0.25) is 0 Å². The van der Waals surface area contributed by atoms with E-state index in [1.165, 1.54) is 24.3 Å². The average molecular weight is 506 g/mol. The van der Waals surface area contributed by atoms with Crippen molar-refractivity contribution >= 4 is 53.2 Å². The maximum absolute atomic E-state index is 12.3. The second kappa shape index (κ2) is 8.47. The molecule has 3 N–H and O–H groups in total. The summed E-state index contributed by atoms with van der Waals surface area (Å²) in [5.74, 6) is 0. The number of para-hydroxylation sites is 1. The normalized spacial score (nSPS) is 12.2. The molecule has 0 heterocycles. The van der Waals surface area contributed by atoms with Crippen LogP contribution in [0.1, 0.15) is 0 Å². The average Bonchev–Trinajstić information content (AvgIpc) is 2.83. The highest BCUT2D eigenvalue weighted by Crippen LogP contribution is 2.41. The molecule has 9 heteroatoms. The lowest BCUT2D eigenvalue weighted by molar-refractivity contribution is 0.482. The molecule has 0 amide bonds. The summed E-state index contributed by atoms with van der Waals surface area (Å²) in [6, 6.07) is 27.0. The van der Waals surface area contributed by atoms with Crippen molar-refractivity contribution in [2.24, 2.45) is 0 Å². The lowest BCUT2D eigenvalue weighted by atomic mass is 9.93. The maximum Gasteiger partial charge on any atom is 0.295 e. The topological polar surface area (TPSA) is 121 Å². The Morgan fingerprint density at radius 2 is 1.09 bits per heavy atom. The Kier molecular flexibility index (Phi) is 5.57. The molecule has 0 aliphatic rings. The molecule has 0 aliphatic carbocycles. The largest absolute Gasteiger partial charge is 0.355 e. The summed E-state index contributed by atoms with van der Waals surface area (Å²) in [5.41, 5.74) is 2.47. The van der Waals surface area contributed by atoms with Crippen LogP contribution in [0, 0.1) is 0 Å². The van der Waals surface area contributed by atoms with E-state index in [4.69, 9.17) is 0 Å². The van der Waals surface area contributed by atoms with Gasteiger partial charge in [0, 0.05) is 22.1 Å². The molecule has 5 rings (SSSR count). The summed E-state index contributed by atoms with van der Waals surface area (Å²) >= 11 is 0. The number of hydrogen-bond acceptors (Lipinski definition) is 5. The highest BCUT2D eigenvalue weighted by Gasteiger charge is 2.21. The molecule has 0 fully saturated rings. The van der Waals surface area contributed by atoms with E-state index >= 15 is 0 Å². The number of hydrogen-bond donors (Lipinski definition) is 3. The molecule has 35 heavy (non-hydrogen) atoms. The van der Waals surface area contributed by atoms with Crippen molar-refractivity contribution in [3.8, 4) is 11.1 Å². The smallest absolute Gasteiger partial charge is 0.295 e. The van der Waals surface area contributed by atoms with Crippen molar-refractivity contribution in [1.82, 2.24) is 0 Å². The maximum atomic E-state index is 12.3. The van der Waals surface area contributed by atoms with Crippen LogP contribution in [0.25, 0.3) is 32.7 Å². The van der Waals surface area contributed by atoms with E-state index in [1.54, 1.807) is 42.5 Å². The van der Waals surface area contributed by atoms with Crippen LogP contribution in [-0.4, -0.2) is 25.9 Å². The van der Waals surface area contributed by atoms with Crippen LogP contribution < -0.4 is 5.32 Å². The first kappa shape index (κ1) is 23.0. The predicted octanol–water partition coefficient (Wildman–Crippen LogP) is 5.90. The van der Waals surface area contributed by atoms with Gasteiger partial charge in [0.05, 0.1) is 0 Å². The predicted molar refractivity (Wildman–Crippen MR) is 136 cm³/mol. The van der Waals surface area contributed by atoms with Crippen LogP contribution in [0.2, 0.25) is 0 Å². The first-order chi connectivity index (χ1) is 16.6. The van der Waals surface area contributed by atoms with Gasteiger partial charge in [0.1, 0.15) is 9.79 Å². The minimum Gasteiger partial charge on any atom is -0.355 e. The van der Waals surface area contributed by atoms with Gasteiger partial charge < -0.3 is 5.32 Å². The Balaban J connectivity index is 1.85. The van der Waals surface area contributed by atoms with Gasteiger partial charge in [-0.05, 0) is 52.2 Å². The Labute approximate surface area is 202 Å². The van der Waals surface area contributed by atoms with E-state index in [0.29, 0.717) is 38.4 Å². The Hall–Kier alpha value is -3.76. The van der Waals surface area contributed by atoms with Gasteiger partial charge in [0.15, 0.2) is 0 Å². The van der Waals surface area contributed by atoms with E-state index < -0.39 is 20.2 Å². The molecule has 0 radical (unpaired) electrons. The first-order valence-corrected chi connectivity index (χ1v) is 13.4. The number of rotatable bonds is 5. The van der Waals surface area contributed by atoms with Gasteiger partial charge in [0.25, 0.3) is 20.2 Å². The molecule has 0 atom stereocenters. The quantitative estimate of drug-likeness (QED) is 0.254. The monoisotopic (exact) mass is 505 g/mol. The van der Waals surface area contributed by atoms with E-state index in [-0.39, 0.29) is 9.79 Å². The minimum atomic E-state index is -4.56. The molecule has 0 spiro atoms. The van der Waals surface area contributed by atoms with Crippen molar-refractivity contribution in [2.45, 2.75) is 9.79 Å². The summed E-state index contributed by atoms with van der Waals surface area (Å²) in [4.78, 5) is -0.476. The van der Waals surface area contributed by atoms with E-state index in [1.807, 2.05) is 30.3 Å². The third kappa shape index (κ3) is 4.26. The fourth-order valence-electron chi connectivity index (χ4n) is 4.35. The summed E-state index contributed by atoms with van der Waals surface area (Å²) in [7, 11) is -9.02. The van der Waals surface area contributed by atoms with Gasteiger partial charge in [-0.1, -0.05) is 66.7 Å². The van der Waals surface area contributed by atoms with Crippen molar-refractivity contribution in [2.75, 3.05) is 5.32 Å². The fourth-order valence-corrected chi connectivity index (χ4v) is 5.78. The summed E-state index contributed by atoms with van der Waals surface area (Å²) < 4.78 is 68.1. The molecule has 0 aliphatic heterocycles. The van der Waals surface area contributed by atoms with Crippen molar-refractivity contribution in [3.63, 3.8) is 0 Å². The molecule has 0 saturated carbocycles. The lowest BCUT2D eigenvalue weighted by Gasteiger charge is -2.17. The molecule has 5 aromatic carbocycles. The molecular weight excluding hydrogens is 486 g/mol. The zero-order valence-corrected chi connectivity index (χ0v) is 19.7. The Bertz CT molecular complexity index is 1820. The highest BCUT2D eigenvalue weighted by atomic mass is 32.2. The van der Waals surface area contributed by atoms with Gasteiger partial charge in [-0.15, -0.1) is 0 Å². The molecular formula is C26H19NO6S2. The van der Waals surface area contributed by atoms with Gasteiger partial charge in [-0.25, -0.2) is 0 Å². The molecule has 7 nitrogen and oxygen atoms in total. The van der Waals surface area contributed by atoms with Crippen LogP contribution >= 0.6 is 0 Å². The van der Waals surface area contributed by atoms with Crippen molar-refractivity contribution in [3.05, 3.63) is 97.1 Å². The summed E-state index contributed by atoms with van der Waals surface area (Å²) in [6.45, 7) is 0. The zero-order chi connectivity index (χ0) is 24.8. The van der Waals surface area contributed by atoms with Crippen molar-refractivity contribution < 1.29 is 25.9 Å². The first-order valence-electron chi connectivity index (χ1n) is 10.5. The number of fused-ring (bicyclic) bond motifs is 2. The second-order valence-corrected chi connectivity index (χ2v) is 10.7. The number of nitrogens with one attached hydrogen (secondary N) is 1. The van der Waals surface area contributed by atoms with E-state index in [9.17, 15) is 25.9 Å². The molecule has 0 unspecified atom stereocenters. The van der Waals surface area contributed by atoms with Crippen LogP contribution in [-0.2, 0) is 20.2 Å². The van der Waals surface area contributed by atoms with Crippen LogP contribution in [0.15, 0.2) is 107 Å². The summed E-state index contributed by atoms with van der Waals surface area (Å²) in [6.07, 6.45) is 0. The third-order valence-electron chi connectivity index (χ3n) is 5.78. The SMILES string of the molecule is O=S(=O)(O)c1cccc2c(-c3ccc(Nc4ccccc4)c4c(S(=O)(=O)O)cccc34)cccc12. The molecule has 176 valence electrons. The lowest BCUT2D eigenvalue weighted by Crippen LogP contribution is -2.02. The minimum absolute atomic E-state index is 0.220. The number of benzene rings is 5. The fraction of sp³-hybridized carbons (Fsp3) is 0. The standard InChI is InChI=1S/C26H19NO6S2/c28-34(29,30)24-13-5-10-19-18(9-4-11-21(19)24)20-15-16-23(27-17-7-2-1-3-8-17)26-22(20)12-6-14-25(26)35(31,32)33/h1-16,27H,(H,28,29,30)(H,31,32,33). The van der Waals surface area contributed by atoms with Crippen LogP contribution in [0.3, 0.4) is 0 Å². The highest BCUT2D eigenvalue weighted by molar-refractivity contribution is 7.86. The van der Waals surface area contributed by atoms with Crippen LogP contribution in [0.5, 0.6) is 0 Å². The van der Waals surface area contributed by atoms with E-state index in [2.05, 4.69) is 5.32 Å². The van der Waals surface area contributed by atoms with E-state index in [0.717, 1.165) is 5.69 Å². The zero-order valence-electron chi connectivity index (χ0n) is 18.1. The third-order valence-corrected chi connectivity index (χ3v) is 7.59. The summed E-state index contributed by atoms with van der Waals surface area (Å²) in [5, 5.41) is 4.93. The van der Waals surface area contributed by atoms with Gasteiger partial charge in [-0.2, -0.15) is 16.8 Å².